The van der Waals surface area contributed by atoms with Gasteiger partial charge in [0.15, 0.2) is 0 Å². The number of rotatable bonds is 4. The third kappa shape index (κ3) is 2.86. The number of aliphatic hydroxyl groups is 1. The van der Waals surface area contributed by atoms with Crippen LogP contribution >= 0.6 is 11.3 Å². The highest BCUT2D eigenvalue weighted by Crippen LogP contribution is 2.30. The summed E-state index contributed by atoms with van der Waals surface area (Å²) in [5, 5.41) is 11.8. The van der Waals surface area contributed by atoms with Gasteiger partial charge in [-0.1, -0.05) is 36.4 Å². The Bertz CT molecular complexity index is 826. The minimum atomic E-state index is -0.434. The normalized spacial score (nSPS) is 10.8. The van der Waals surface area contributed by atoms with Crippen LogP contribution in [0.25, 0.3) is 21.3 Å². The van der Waals surface area contributed by atoms with E-state index in [2.05, 4.69) is 23.2 Å². The molecule has 0 bridgehead atoms. The zero-order chi connectivity index (χ0) is 15.5. The molecular weight excluding hydrogens is 298 g/mol. The first-order chi connectivity index (χ1) is 10.7. The second-order valence-corrected chi connectivity index (χ2v) is 5.85. The zero-order valence-electron chi connectivity index (χ0n) is 12.1. The average Bonchev–Trinajstić information content (AvgIpc) is 2.94. The Morgan fingerprint density at radius 2 is 2.00 bits per heavy atom. The van der Waals surface area contributed by atoms with Crippen LogP contribution in [-0.4, -0.2) is 29.3 Å². The van der Waals surface area contributed by atoms with Crippen molar-refractivity contribution in [2.45, 2.75) is 6.92 Å². The fourth-order valence-electron chi connectivity index (χ4n) is 2.24. The van der Waals surface area contributed by atoms with Gasteiger partial charge in [0.05, 0.1) is 12.3 Å². The second kappa shape index (κ2) is 6.25. The Hall–Kier alpha value is -2.24. The topological polar surface area (TPSA) is 59.4 Å². The van der Waals surface area contributed by atoms with E-state index in [1.165, 1.54) is 16.7 Å². The molecular formula is C17H15NO3S. The first-order valence-corrected chi connectivity index (χ1v) is 7.75. The van der Waals surface area contributed by atoms with E-state index in [1.807, 2.05) is 24.3 Å². The number of aromatic nitrogens is 1. The Morgan fingerprint density at radius 1 is 1.23 bits per heavy atom. The monoisotopic (exact) mass is 313 g/mol. The van der Waals surface area contributed by atoms with E-state index in [0.717, 1.165) is 16.0 Å². The standard InChI is InChI=1S/C17H15NO3S/c1-11-15(17(20)21-9-8-19)22-16(18-11)14-7-6-12-4-2-3-5-13(12)10-14/h2-7,10,19H,8-9H2,1H3. The molecule has 0 fully saturated rings. The summed E-state index contributed by atoms with van der Waals surface area (Å²) >= 11 is 1.31. The Morgan fingerprint density at radius 3 is 2.77 bits per heavy atom. The van der Waals surface area contributed by atoms with E-state index in [-0.39, 0.29) is 13.2 Å². The first kappa shape index (κ1) is 14.7. The third-order valence-corrected chi connectivity index (χ3v) is 4.49. The van der Waals surface area contributed by atoms with Crippen molar-refractivity contribution in [1.29, 1.82) is 0 Å². The lowest BCUT2D eigenvalue weighted by Gasteiger charge is -2.00. The molecule has 1 N–H and O–H groups in total. The van der Waals surface area contributed by atoms with Crippen LogP contribution in [-0.2, 0) is 4.74 Å². The lowest BCUT2D eigenvalue weighted by molar-refractivity contribution is 0.0438. The van der Waals surface area contributed by atoms with Gasteiger partial charge in [0, 0.05) is 5.56 Å². The van der Waals surface area contributed by atoms with Crippen LogP contribution in [0, 0.1) is 6.92 Å². The predicted octanol–water partition coefficient (Wildman–Crippen LogP) is 3.42. The van der Waals surface area contributed by atoms with Gasteiger partial charge in [-0.2, -0.15) is 0 Å². The molecule has 22 heavy (non-hydrogen) atoms. The highest BCUT2D eigenvalue weighted by atomic mass is 32.1. The van der Waals surface area contributed by atoms with Crippen molar-refractivity contribution in [3.05, 3.63) is 53.0 Å². The van der Waals surface area contributed by atoms with Gasteiger partial charge in [-0.25, -0.2) is 9.78 Å². The number of carbonyl (C=O) groups excluding carboxylic acids is 1. The molecule has 0 amide bonds. The molecule has 0 aliphatic carbocycles. The Labute approximate surface area is 132 Å². The fraction of sp³-hybridized carbons (Fsp3) is 0.176. The van der Waals surface area contributed by atoms with Crippen LogP contribution in [0.3, 0.4) is 0 Å². The van der Waals surface area contributed by atoms with E-state index < -0.39 is 5.97 Å². The molecule has 3 rings (SSSR count). The number of benzene rings is 2. The van der Waals surface area contributed by atoms with Gasteiger partial charge in [0.25, 0.3) is 0 Å². The molecule has 1 aromatic heterocycles. The predicted molar refractivity (Wildman–Crippen MR) is 87.2 cm³/mol. The zero-order valence-corrected chi connectivity index (χ0v) is 12.9. The van der Waals surface area contributed by atoms with E-state index in [1.54, 1.807) is 6.92 Å². The highest BCUT2D eigenvalue weighted by molar-refractivity contribution is 7.17. The SMILES string of the molecule is Cc1nc(-c2ccc3ccccc3c2)sc1C(=O)OCCO. The number of nitrogens with zero attached hydrogens (tertiary/aromatic N) is 1. The fourth-order valence-corrected chi connectivity index (χ4v) is 3.19. The molecule has 0 saturated heterocycles. The molecule has 112 valence electrons. The van der Waals surface area contributed by atoms with Crippen LogP contribution in [0.5, 0.6) is 0 Å². The molecule has 0 aliphatic heterocycles. The minimum absolute atomic E-state index is 0.00147. The number of esters is 1. The number of aryl methyl sites for hydroxylation is 1. The summed E-state index contributed by atoms with van der Waals surface area (Å²) in [5.41, 5.74) is 1.63. The molecule has 0 saturated carbocycles. The second-order valence-electron chi connectivity index (χ2n) is 4.86. The molecule has 0 atom stereocenters. The molecule has 0 radical (unpaired) electrons. The smallest absolute Gasteiger partial charge is 0.350 e. The third-order valence-electron chi connectivity index (χ3n) is 3.30. The van der Waals surface area contributed by atoms with Crippen LogP contribution in [0.2, 0.25) is 0 Å². The Balaban J connectivity index is 1.95. The van der Waals surface area contributed by atoms with Gasteiger partial charge in [-0.05, 0) is 23.8 Å². The van der Waals surface area contributed by atoms with Crippen LogP contribution in [0.15, 0.2) is 42.5 Å². The van der Waals surface area contributed by atoms with Crippen LogP contribution < -0.4 is 0 Å². The summed E-state index contributed by atoms with van der Waals surface area (Å²) in [4.78, 5) is 16.9. The average molecular weight is 313 g/mol. The van der Waals surface area contributed by atoms with Crippen molar-refractivity contribution in [1.82, 2.24) is 4.98 Å². The van der Waals surface area contributed by atoms with Gasteiger partial charge in [-0.15, -0.1) is 11.3 Å². The Kier molecular flexibility index (Phi) is 4.18. The maximum atomic E-state index is 11.9. The lowest BCUT2D eigenvalue weighted by atomic mass is 10.1. The molecule has 3 aromatic rings. The molecule has 5 heteroatoms. The molecule has 2 aromatic carbocycles. The van der Waals surface area contributed by atoms with Crippen molar-refractivity contribution in [3.8, 4) is 10.6 Å². The minimum Gasteiger partial charge on any atom is -0.459 e. The van der Waals surface area contributed by atoms with E-state index in [9.17, 15) is 4.79 Å². The van der Waals surface area contributed by atoms with Crippen molar-refractivity contribution < 1.29 is 14.6 Å². The van der Waals surface area contributed by atoms with Gasteiger partial charge >= 0.3 is 5.97 Å². The first-order valence-electron chi connectivity index (χ1n) is 6.93. The van der Waals surface area contributed by atoms with E-state index in [4.69, 9.17) is 9.84 Å². The van der Waals surface area contributed by atoms with E-state index in [0.29, 0.717) is 10.6 Å². The molecule has 0 aliphatic rings. The number of hydrogen-bond acceptors (Lipinski definition) is 5. The quantitative estimate of drug-likeness (QED) is 0.750. The lowest BCUT2D eigenvalue weighted by Crippen LogP contribution is -2.08. The van der Waals surface area contributed by atoms with Crippen molar-refractivity contribution in [2.75, 3.05) is 13.2 Å². The summed E-state index contributed by atoms with van der Waals surface area (Å²) in [6.07, 6.45) is 0. The number of thiazole rings is 1. The van der Waals surface area contributed by atoms with E-state index >= 15 is 0 Å². The summed E-state index contributed by atoms with van der Waals surface area (Å²) in [6.45, 7) is 1.61. The maximum Gasteiger partial charge on any atom is 0.350 e. The van der Waals surface area contributed by atoms with Gasteiger partial charge in [0.1, 0.15) is 16.5 Å². The largest absolute Gasteiger partial charge is 0.459 e. The number of hydrogen-bond donors (Lipinski definition) is 1. The summed E-state index contributed by atoms with van der Waals surface area (Å²) in [5.74, 6) is -0.434. The summed E-state index contributed by atoms with van der Waals surface area (Å²) < 4.78 is 4.96. The van der Waals surface area contributed by atoms with Gasteiger partial charge in [-0.3, -0.25) is 0 Å². The van der Waals surface area contributed by atoms with Crippen LogP contribution in [0.1, 0.15) is 15.4 Å². The highest BCUT2D eigenvalue weighted by Gasteiger charge is 2.17. The molecule has 4 nitrogen and oxygen atoms in total. The summed E-state index contributed by atoms with van der Waals surface area (Å²) in [6, 6.07) is 14.2. The van der Waals surface area contributed by atoms with Crippen molar-refractivity contribution >= 4 is 28.1 Å². The summed E-state index contributed by atoms with van der Waals surface area (Å²) in [7, 11) is 0. The van der Waals surface area contributed by atoms with Crippen molar-refractivity contribution in [3.63, 3.8) is 0 Å². The number of fused-ring (bicyclic) bond motifs is 1. The number of aliphatic hydroxyl groups excluding tert-OH is 1. The van der Waals surface area contributed by atoms with Crippen molar-refractivity contribution in [2.24, 2.45) is 0 Å². The molecule has 0 unspecified atom stereocenters. The van der Waals surface area contributed by atoms with Gasteiger partial charge in [0.2, 0.25) is 0 Å². The van der Waals surface area contributed by atoms with Gasteiger partial charge < -0.3 is 9.84 Å². The molecule has 1 heterocycles. The molecule has 0 spiro atoms. The van der Waals surface area contributed by atoms with Crippen LogP contribution in [0.4, 0.5) is 0 Å². The maximum absolute atomic E-state index is 11.9. The number of ether oxygens (including phenoxy) is 1. The number of carbonyl (C=O) groups is 1.